The number of ether oxygens (including phenoxy) is 1. The highest BCUT2D eigenvalue weighted by Crippen LogP contribution is 2.36. The summed E-state index contributed by atoms with van der Waals surface area (Å²) in [6, 6.07) is 3.86. The lowest BCUT2D eigenvalue weighted by atomic mass is 9.90. The molecule has 0 N–H and O–H groups in total. The maximum Gasteiger partial charge on any atom is 0.248 e. The molecule has 0 spiro atoms. The van der Waals surface area contributed by atoms with Crippen molar-refractivity contribution < 1.29 is 17.7 Å². The van der Waals surface area contributed by atoms with Crippen molar-refractivity contribution in [2.75, 3.05) is 26.8 Å². The van der Waals surface area contributed by atoms with E-state index in [9.17, 15) is 8.42 Å². The van der Waals surface area contributed by atoms with E-state index >= 15 is 0 Å². The summed E-state index contributed by atoms with van der Waals surface area (Å²) in [5.41, 5.74) is 1.46. The van der Waals surface area contributed by atoms with Crippen LogP contribution in [0.1, 0.15) is 22.9 Å². The first kappa shape index (κ1) is 17.1. The molecule has 0 radical (unpaired) electrons. The summed E-state index contributed by atoms with van der Waals surface area (Å²) in [6.45, 7) is 4.58. The average molecular weight is 351 g/mol. The third kappa shape index (κ3) is 2.97. The van der Waals surface area contributed by atoms with E-state index < -0.39 is 10.0 Å². The number of methoxy groups -OCH3 is 1. The van der Waals surface area contributed by atoms with Gasteiger partial charge in [0.1, 0.15) is 10.6 Å². The molecular weight excluding hydrogens is 330 g/mol. The second-order valence-electron chi connectivity index (χ2n) is 6.08. The zero-order valence-electron chi connectivity index (χ0n) is 14.0. The summed E-state index contributed by atoms with van der Waals surface area (Å²) in [6.07, 6.45) is 3.45. The largest absolute Gasteiger partial charge is 0.384 e. The Kier molecular flexibility index (Phi) is 4.71. The van der Waals surface area contributed by atoms with Gasteiger partial charge in [0, 0.05) is 44.4 Å². The van der Waals surface area contributed by atoms with E-state index in [2.05, 4.69) is 10.1 Å². The Labute approximate surface area is 141 Å². The third-order valence-corrected chi connectivity index (χ3v) is 6.57. The lowest BCUT2D eigenvalue weighted by molar-refractivity contribution is 0.151. The van der Waals surface area contributed by atoms with Crippen LogP contribution in [0.4, 0.5) is 0 Å². The zero-order valence-corrected chi connectivity index (χ0v) is 14.8. The Bertz CT molecular complexity index is 784. The number of rotatable bonds is 5. The van der Waals surface area contributed by atoms with Gasteiger partial charge in [-0.3, -0.25) is 4.98 Å². The average Bonchev–Trinajstić information content (AvgIpc) is 3.13. The first-order valence-electron chi connectivity index (χ1n) is 7.77. The van der Waals surface area contributed by atoms with Gasteiger partial charge in [-0.05, 0) is 31.5 Å². The topological polar surface area (TPSA) is 85.5 Å². The molecule has 0 aliphatic carbocycles. The van der Waals surface area contributed by atoms with Crippen LogP contribution < -0.4 is 0 Å². The van der Waals surface area contributed by atoms with Crippen LogP contribution in [0.25, 0.3) is 0 Å². The van der Waals surface area contributed by atoms with Crippen LogP contribution in [0.5, 0.6) is 0 Å². The van der Waals surface area contributed by atoms with Crippen molar-refractivity contribution in [1.82, 2.24) is 14.4 Å². The van der Waals surface area contributed by atoms with Crippen molar-refractivity contribution in [2.45, 2.75) is 24.7 Å². The van der Waals surface area contributed by atoms with E-state index in [1.807, 2.05) is 12.1 Å². The van der Waals surface area contributed by atoms with Gasteiger partial charge in [-0.15, -0.1) is 0 Å². The molecular formula is C16H21N3O4S. The third-order valence-electron chi connectivity index (χ3n) is 4.49. The summed E-state index contributed by atoms with van der Waals surface area (Å²) in [5, 5.41) is 3.77. The first-order valence-corrected chi connectivity index (χ1v) is 9.21. The summed E-state index contributed by atoms with van der Waals surface area (Å²) < 4.78 is 37.9. The van der Waals surface area contributed by atoms with Gasteiger partial charge in [-0.25, -0.2) is 8.42 Å². The van der Waals surface area contributed by atoms with Crippen molar-refractivity contribution >= 4 is 10.0 Å². The van der Waals surface area contributed by atoms with E-state index in [0.717, 1.165) is 5.56 Å². The van der Waals surface area contributed by atoms with Crippen LogP contribution in [-0.4, -0.2) is 49.7 Å². The van der Waals surface area contributed by atoms with Gasteiger partial charge >= 0.3 is 0 Å². The number of aryl methyl sites for hydroxylation is 2. The lowest BCUT2D eigenvalue weighted by Crippen LogP contribution is -2.30. The van der Waals surface area contributed by atoms with Gasteiger partial charge in [-0.1, -0.05) is 5.16 Å². The predicted octanol–water partition coefficient (Wildman–Crippen LogP) is 1.74. The first-order chi connectivity index (χ1) is 11.4. The molecule has 1 aliphatic rings. The fourth-order valence-electron chi connectivity index (χ4n) is 3.37. The van der Waals surface area contributed by atoms with Crippen LogP contribution >= 0.6 is 0 Å². The fraction of sp³-hybridized carbons (Fsp3) is 0.500. The van der Waals surface area contributed by atoms with E-state index in [4.69, 9.17) is 9.26 Å². The molecule has 0 saturated carbocycles. The fourth-order valence-corrected chi connectivity index (χ4v) is 5.19. The molecule has 2 aromatic rings. The van der Waals surface area contributed by atoms with Crippen LogP contribution in [0.2, 0.25) is 0 Å². The number of aromatic nitrogens is 2. The van der Waals surface area contributed by atoms with Crippen molar-refractivity contribution in [3.8, 4) is 0 Å². The molecule has 1 aliphatic heterocycles. The van der Waals surface area contributed by atoms with Crippen molar-refractivity contribution in [3.05, 3.63) is 41.5 Å². The van der Waals surface area contributed by atoms with Crippen molar-refractivity contribution in [2.24, 2.45) is 5.92 Å². The summed E-state index contributed by atoms with van der Waals surface area (Å²) in [5.74, 6) is 0.485. The Hall–Kier alpha value is -1.77. The highest BCUT2D eigenvalue weighted by atomic mass is 32.2. The Morgan fingerprint density at radius 3 is 2.58 bits per heavy atom. The minimum Gasteiger partial charge on any atom is -0.384 e. The highest BCUT2D eigenvalue weighted by molar-refractivity contribution is 7.89. The minimum absolute atomic E-state index is 0.0724. The number of hydrogen-bond donors (Lipinski definition) is 0. The van der Waals surface area contributed by atoms with Gasteiger partial charge < -0.3 is 9.26 Å². The molecule has 3 rings (SSSR count). The Morgan fingerprint density at radius 2 is 2.00 bits per heavy atom. The molecule has 1 fully saturated rings. The summed E-state index contributed by atoms with van der Waals surface area (Å²) in [7, 11) is -2.01. The monoisotopic (exact) mass is 351 g/mol. The Balaban J connectivity index is 1.93. The quantitative estimate of drug-likeness (QED) is 0.816. The molecule has 7 nitrogen and oxygen atoms in total. The normalized spacial score (nSPS) is 22.1. The molecule has 0 amide bonds. The number of sulfonamides is 1. The lowest BCUT2D eigenvalue weighted by Gasteiger charge is -2.17. The minimum atomic E-state index is -3.64. The highest BCUT2D eigenvalue weighted by Gasteiger charge is 2.41. The smallest absolute Gasteiger partial charge is 0.248 e. The summed E-state index contributed by atoms with van der Waals surface area (Å²) >= 11 is 0. The van der Waals surface area contributed by atoms with Crippen LogP contribution in [0.15, 0.2) is 33.9 Å². The van der Waals surface area contributed by atoms with E-state index in [0.29, 0.717) is 31.2 Å². The van der Waals surface area contributed by atoms with Crippen LogP contribution in [0.3, 0.4) is 0 Å². The SMILES string of the molecule is COC[C@@H]1CN(S(=O)(=O)c2c(C)noc2C)C[C@H]1c1ccncc1. The Morgan fingerprint density at radius 1 is 1.29 bits per heavy atom. The number of nitrogens with zero attached hydrogens (tertiary/aromatic N) is 3. The summed E-state index contributed by atoms with van der Waals surface area (Å²) in [4.78, 5) is 4.21. The molecule has 1 saturated heterocycles. The standard InChI is InChI=1S/C16H21N3O4S/c1-11-16(12(2)23-18-11)24(20,21)19-8-14(10-22-3)15(9-19)13-4-6-17-7-5-13/h4-7,14-15H,8-10H2,1-3H3/t14-,15-/m0/s1. The van der Waals surface area contributed by atoms with Gasteiger partial charge in [0.2, 0.25) is 10.0 Å². The number of pyridine rings is 1. The van der Waals surface area contributed by atoms with Gasteiger partial charge in [-0.2, -0.15) is 4.31 Å². The molecule has 8 heteroatoms. The molecule has 130 valence electrons. The molecule has 0 aromatic carbocycles. The molecule has 3 heterocycles. The molecule has 0 unspecified atom stereocenters. The molecule has 0 bridgehead atoms. The van der Waals surface area contributed by atoms with Crippen molar-refractivity contribution in [3.63, 3.8) is 0 Å². The van der Waals surface area contributed by atoms with Crippen molar-refractivity contribution in [1.29, 1.82) is 0 Å². The van der Waals surface area contributed by atoms with E-state index in [1.165, 1.54) is 4.31 Å². The van der Waals surface area contributed by atoms with E-state index in [1.54, 1.807) is 33.4 Å². The second-order valence-corrected chi connectivity index (χ2v) is 7.95. The zero-order chi connectivity index (χ0) is 17.3. The maximum atomic E-state index is 13.0. The maximum absolute atomic E-state index is 13.0. The van der Waals surface area contributed by atoms with Crippen LogP contribution in [-0.2, 0) is 14.8 Å². The van der Waals surface area contributed by atoms with E-state index in [-0.39, 0.29) is 16.7 Å². The number of hydrogen-bond acceptors (Lipinski definition) is 6. The van der Waals surface area contributed by atoms with Crippen LogP contribution in [0, 0.1) is 19.8 Å². The van der Waals surface area contributed by atoms with Gasteiger partial charge in [0.05, 0.1) is 6.61 Å². The predicted molar refractivity (Wildman–Crippen MR) is 87.1 cm³/mol. The molecule has 2 atom stereocenters. The molecule has 2 aromatic heterocycles. The molecule has 24 heavy (non-hydrogen) atoms. The van der Waals surface area contributed by atoms with Gasteiger partial charge in [0.15, 0.2) is 5.76 Å². The second kappa shape index (κ2) is 6.62. The van der Waals surface area contributed by atoms with Gasteiger partial charge in [0.25, 0.3) is 0 Å².